The number of imidazole rings is 1. The lowest BCUT2D eigenvalue weighted by Gasteiger charge is -2.40. The molecule has 1 aromatic heterocycles. The number of para-hydroxylation sites is 3. The van der Waals surface area contributed by atoms with Crippen LogP contribution < -0.4 is 5.46 Å². The molecule has 0 unspecified atom stereocenters. The second-order valence-electron chi connectivity index (χ2n) is 8.81. The molecular weight excluding hydrogens is 383 g/mol. The molecule has 0 N–H and O–H groups in total. The average Bonchev–Trinajstić information content (AvgIpc) is 3.18. The lowest BCUT2D eigenvalue weighted by atomic mass is 9.82. The number of nitrogens with zero attached hydrogens (tertiary/aromatic N) is 2. The van der Waals surface area contributed by atoms with E-state index in [4.69, 9.17) is 14.4 Å². The van der Waals surface area contributed by atoms with Crippen molar-refractivity contribution in [2.24, 2.45) is 0 Å². The number of rotatable bonds is 7. The van der Waals surface area contributed by atoms with Gasteiger partial charge in [-0.2, -0.15) is 0 Å². The zero-order valence-electron chi connectivity index (χ0n) is 18.9. The molecule has 0 aliphatic rings. The fourth-order valence-corrected chi connectivity index (χ4v) is 3.49. The topological polar surface area (TPSA) is 36.3 Å². The molecule has 0 fully saturated rings. The number of hydrogen-bond acceptors (Lipinski definition) is 3. The molecule has 31 heavy (non-hydrogen) atoms. The van der Waals surface area contributed by atoms with Gasteiger partial charge in [0.05, 0.1) is 22.2 Å². The molecule has 0 bridgehead atoms. The molecule has 4 rings (SSSR count). The zero-order valence-corrected chi connectivity index (χ0v) is 18.9. The van der Waals surface area contributed by atoms with Crippen LogP contribution in [0.1, 0.15) is 27.7 Å². The monoisotopic (exact) mass is 412 g/mol. The summed E-state index contributed by atoms with van der Waals surface area (Å²) in [5, 5.41) is 0. The average molecular weight is 412 g/mol. The van der Waals surface area contributed by atoms with E-state index < -0.39 is 5.60 Å². The largest absolute Gasteiger partial charge is 0.427 e. The Morgan fingerprint density at radius 3 is 2.10 bits per heavy atom. The number of aromatic nitrogens is 2. The number of benzene rings is 3. The summed E-state index contributed by atoms with van der Waals surface area (Å²) in [6, 6.07) is 27.1. The van der Waals surface area contributed by atoms with Gasteiger partial charge in [-0.3, -0.25) is 4.57 Å². The van der Waals surface area contributed by atoms with Crippen LogP contribution in [0.25, 0.3) is 28.1 Å². The van der Waals surface area contributed by atoms with Crippen molar-refractivity contribution in [3.05, 3.63) is 78.9 Å². The molecule has 5 heteroatoms. The predicted octanol–water partition coefficient (Wildman–Crippen LogP) is 4.89. The van der Waals surface area contributed by atoms with Gasteiger partial charge in [0.15, 0.2) is 0 Å². The highest BCUT2D eigenvalue weighted by molar-refractivity contribution is 6.47. The zero-order chi connectivity index (χ0) is 22.1. The van der Waals surface area contributed by atoms with Gasteiger partial charge in [-0.1, -0.05) is 60.1 Å². The lowest BCUT2D eigenvalue weighted by molar-refractivity contribution is -0.114. The molecule has 0 radical (unpaired) electrons. The Morgan fingerprint density at radius 2 is 1.42 bits per heavy atom. The van der Waals surface area contributed by atoms with Crippen molar-refractivity contribution in [3.63, 3.8) is 0 Å². The number of fused-ring (bicyclic) bond motifs is 1. The Hall–Kier alpha value is -2.89. The Kier molecular flexibility index (Phi) is 5.74. The van der Waals surface area contributed by atoms with Gasteiger partial charge in [0, 0.05) is 18.4 Å². The quantitative estimate of drug-likeness (QED) is 0.406. The molecule has 0 aliphatic heterocycles. The fraction of sp³-hybridized carbons (Fsp3) is 0.269. The van der Waals surface area contributed by atoms with E-state index in [9.17, 15) is 0 Å². The van der Waals surface area contributed by atoms with E-state index in [-0.39, 0.29) is 5.60 Å². The standard InChI is InChI=1S/C26H29BN2O2/c1-25(2,30-5)26(3,4)31-27-20-17-15-19(16-18-20)24-28-22-13-9-10-14-23(22)29(24)21-11-7-6-8-12-21/h6-18,27H,1-5H3. The van der Waals surface area contributed by atoms with Crippen molar-refractivity contribution in [1.82, 2.24) is 9.55 Å². The van der Waals surface area contributed by atoms with Crippen LogP contribution in [0.2, 0.25) is 0 Å². The van der Waals surface area contributed by atoms with E-state index in [1.54, 1.807) is 7.11 Å². The Balaban J connectivity index is 1.65. The number of ether oxygens (including phenoxy) is 1. The van der Waals surface area contributed by atoms with Crippen LogP contribution in [0.15, 0.2) is 78.9 Å². The van der Waals surface area contributed by atoms with Crippen LogP contribution in [0.3, 0.4) is 0 Å². The summed E-state index contributed by atoms with van der Waals surface area (Å²) in [7, 11) is 2.24. The summed E-state index contributed by atoms with van der Waals surface area (Å²) in [5.41, 5.74) is 4.57. The van der Waals surface area contributed by atoms with Crippen molar-refractivity contribution in [1.29, 1.82) is 0 Å². The van der Waals surface area contributed by atoms with Gasteiger partial charge in [0.25, 0.3) is 0 Å². The summed E-state index contributed by atoms with van der Waals surface area (Å²) < 4.78 is 14.0. The molecular formula is C26H29BN2O2. The Bertz CT molecular complexity index is 1170. The van der Waals surface area contributed by atoms with Gasteiger partial charge >= 0.3 is 7.48 Å². The first-order valence-electron chi connectivity index (χ1n) is 10.6. The summed E-state index contributed by atoms with van der Waals surface area (Å²) >= 11 is 0. The van der Waals surface area contributed by atoms with Crippen molar-refractivity contribution in [2.45, 2.75) is 38.9 Å². The molecule has 1 heterocycles. The molecule has 0 saturated carbocycles. The maximum absolute atomic E-state index is 6.21. The first-order valence-corrected chi connectivity index (χ1v) is 10.6. The summed E-state index contributed by atoms with van der Waals surface area (Å²) in [5.74, 6) is 0.931. The second kappa shape index (κ2) is 8.33. The Labute approximate surface area is 185 Å². The molecule has 0 aliphatic carbocycles. The SMILES string of the molecule is COC(C)(C)C(C)(C)OBc1ccc(-c2nc3ccccc3n2-c2ccccc2)cc1. The van der Waals surface area contributed by atoms with Crippen LogP contribution in [0.5, 0.6) is 0 Å². The maximum atomic E-state index is 6.21. The molecule has 0 saturated heterocycles. The van der Waals surface area contributed by atoms with E-state index in [1.807, 2.05) is 26.0 Å². The number of hydrogen-bond donors (Lipinski definition) is 0. The first kappa shape index (κ1) is 21.4. The first-order chi connectivity index (χ1) is 14.8. The van der Waals surface area contributed by atoms with Crippen LogP contribution >= 0.6 is 0 Å². The highest BCUT2D eigenvalue weighted by Gasteiger charge is 2.37. The van der Waals surface area contributed by atoms with Crippen LogP contribution in [0, 0.1) is 0 Å². The van der Waals surface area contributed by atoms with Crippen molar-refractivity contribution in [3.8, 4) is 17.1 Å². The highest BCUT2D eigenvalue weighted by Crippen LogP contribution is 2.29. The van der Waals surface area contributed by atoms with Crippen LogP contribution in [-0.4, -0.2) is 35.3 Å². The predicted molar refractivity (Wildman–Crippen MR) is 130 cm³/mol. The lowest BCUT2D eigenvalue weighted by Crippen LogP contribution is -2.50. The van der Waals surface area contributed by atoms with E-state index >= 15 is 0 Å². The van der Waals surface area contributed by atoms with Crippen molar-refractivity contribution >= 4 is 24.0 Å². The maximum Gasteiger partial charge on any atom is 0.309 e. The summed E-state index contributed by atoms with van der Waals surface area (Å²) in [6.07, 6.45) is 0. The van der Waals surface area contributed by atoms with Crippen molar-refractivity contribution in [2.75, 3.05) is 7.11 Å². The van der Waals surface area contributed by atoms with Crippen LogP contribution in [-0.2, 0) is 9.39 Å². The second-order valence-corrected chi connectivity index (χ2v) is 8.81. The molecule has 0 amide bonds. The van der Waals surface area contributed by atoms with Gasteiger partial charge in [-0.15, -0.1) is 0 Å². The minimum atomic E-state index is -0.415. The molecule has 158 valence electrons. The molecule has 4 nitrogen and oxygen atoms in total. The normalized spacial score (nSPS) is 12.3. The minimum absolute atomic E-state index is 0.381. The Morgan fingerprint density at radius 1 is 0.774 bits per heavy atom. The summed E-state index contributed by atoms with van der Waals surface area (Å²) in [4.78, 5) is 4.93. The van der Waals surface area contributed by atoms with E-state index in [2.05, 4.69) is 85.1 Å². The molecule has 3 aromatic carbocycles. The van der Waals surface area contributed by atoms with Crippen molar-refractivity contribution < 1.29 is 9.39 Å². The minimum Gasteiger partial charge on any atom is -0.427 e. The van der Waals surface area contributed by atoms with Gasteiger partial charge in [0.1, 0.15) is 5.82 Å². The van der Waals surface area contributed by atoms with Crippen LogP contribution in [0.4, 0.5) is 0 Å². The summed E-state index contributed by atoms with van der Waals surface area (Å²) in [6.45, 7) is 8.22. The molecule has 0 atom stereocenters. The molecule has 0 spiro atoms. The van der Waals surface area contributed by atoms with E-state index in [1.165, 1.54) is 0 Å². The molecule has 4 aromatic rings. The van der Waals surface area contributed by atoms with E-state index in [0.29, 0.717) is 7.48 Å². The van der Waals surface area contributed by atoms with Gasteiger partial charge in [-0.25, -0.2) is 4.98 Å². The smallest absolute Gasteiger partial charge is 0.309 e. The van der Waals surface area contributed by atoms with Gasteiger partial charge in [0.2, 0.25) is 0 Å². The van der Waals surface area contributed by atoms with Gasteiger partial charge in [-0.05, 0) is 52.0 Å². The number of methoxy groups -OCH3 is 1. The third kappa shape index (κ3) is 4.16. The van der Waals surface area contributed by atoms with E-state index in [0.717, 1.165) is 33.6 Å². The third-order valence-electron chi connectivity index (χ3n) is 6.35. The fourth-order valence-electron chi connectivity index (χ4n) is 3.49. The third-order valence-corrected chi connectivity index (χ3v) is 6.35. The highest BCUT2D eigenvalue weighted by atomic mass is 16.5. The van der Waals surface area contributed by atoms with Gasteiger partial charge < -0.3 is 9.39 Å².